The molecule has 1 aromatic heterocycles. The van der Waals surface area contributed by atoms with Crippen LogP contribution in [0.1, 0.15) is 63.6 Å². The summed E-state index contributed by atoms with van der Waals surface area (Å²) in [7, 11) is 1.70. The molecule has 0 bridgehead atoms. The first kappa shape index (κ1) is 14.4. The number of rotatable bonds is 5. The predicted molar refractivity (Wildman–Crippen MR) is 86.9 cm³/mol. The Kier molecular flexibility index (Phi) is 4.47. The number of fused-ring (bicyclic) bond motifs is 1. The zero-order valence-electron chi connectivity index (χ0n) is 13.2. The zero-order valence-corrected chi connectivity index (χ0v) is 13.2. The average molecular weight is 286 g/mol. The van der Waals surface area contributed by atoms with E-state index in [2.05, 4.69) is 11.9 Å². The second-order valence-corrected chi connectivity index (χ2v) is 6.37. The molecule has 1 heterocycles. The van der Waals surface area contributed by atoms with Gasteiger partial charge in [-0.1, -0.05) is 26.2 Å². The molecule has 1 fully saturated rings. The monoisotopic (exact) mass is 286 g/mol. The lowest BCUT2D eigenvalue weighted by molar-refractivity contribution is 0.299. The van der Waals surface area contributed by atoms with Gasteiger partial charge in [0.25, 0.3) is 0 Å². The number of imidazole rings is 1. The first-order valence-electron chi connectivity index (χ1n) is 8.33. The molecule has 1 aliphatic rings. The number of methoxy groups -OCH3 is 1. The summed E-state index contributed by atoms with van der Waals surface area (Å²) in [5.41, 5.74) is 2.15. The summed E-state index contributed by atoms with van der Waals surface area (Å²) in [6.07, 6.45) is 9.43. The van der Waals surface area contributed by atoms with E-state index in [1.165, 1.54) is 50.8 Å². The van der Waals surface area contributed by atoms with Crippen molar-refractivity contribution in [2.24, 2.45) is 5.92 Å². The van der Waals surface area contributed by atoms with Crippen molar-refractivity contribution in [1.29, 1.82) is 0 Å². The minimum absolute atomic E-state index is 0.612. The quantitative estimate of drug-likeness (QED) is 0.836. The number of nitrogens with one attached hydrogen (secondary N) is 1. The van der Waals surface area contributed by atoms with E-state index in [0.29, 0.717) is 5.92 Å². The molecule has 0 aliphatic heterocycles. The van der Waals surface area contributed by atoms with Crippen LogP contribution in [0.4, 0.5) is 0 Å². The van der Waals surface area contributed by atoms with E-state index >= 15 is 0 Å². The molecule has 3 nitrogen and oxygen atoms in total. The van der Waals surface area contributed by atoms with E-state index < -0.39 is 0 Å². The van der Waals surface area contributed by atoms with E-state index in [-0.39, 0.29) is 0 Å². The first-order valence-corrected chi connectivity index (χ1v) is 8.33. The molecule has 0 radical (unpaired) electrons. The van der Waals surface area contributed by atoms with E-state index in [1.807, 2.05) is 18.2 Å². The van der Waals surface area contributed by atoms with E-state index in [4.69, 9.17) is 9.72 Å². The van der Waals surface area contributed by atoms with Crippen molar-refractivity contribution in [3.05, 3.63) is 24.0 Å². The van der Waals surface area contributed by atoms with Crippen LogP contribution in [0.15, 0.2) is 18.2 Å². The Morgan fingerprint density at radius 2 is 2.05 bits per heavy atom. The van der Waals surface area contributed by atoms with E-state index in [9.17, 15) is 0 Å². The fourth-order valence-corrected chi connectivity index (χ4v) is 3.55. The summed E-state index contributed by atoms with van der Waals surface area (Å²) < 4.78 is 5.28. The van der Waals surface area contributed by atoms with Crippen molar-refractivity contribution < 1.29 is 4.74 Å². The lowest BCUT2D eigenvalue weighted by Crippen LogP contribution is -2.14. The number of ether oxygens (including phenoxy) is 1. The van der Waals surface area contributed by atoms with Crippen LogP contribution in [0.5, 0.6) is 5.75 Å². The summed E-state index contributed by atoms with van der Waals surface area (Å²) in [6, 6.07) is 6.06. The van der Waals surface area contributed by atoms with Gasteiger partial charge in [0.05, 0.1) is 18.1 Å². The number of hydrogen-bond acceptors (Lipinski definition) is 2. The lowest BCUT2D eigenvalue weighted by atomic mass is 9.79. The molecule has 0 spiro atoms. The number of aromatic amines is 1. The Bertz CT molecular complexity index is 582. The Hall–Kier alpha value is -1.51. The summed E-state index contributed by atoms with van der Waals surface area (Å²) >= 11 is 0. The maximum absolute atomic E-state index is 5.28. The molecule has 1 aliphatic carbocycles. The van der Waals surface area contributed by atoms with Gasteiger partial charge in [-0.3, -0.25) is 0 Å². The minimum atomic E-state index is 0.612. The summed E-state index contributed by atoms with van der Waals surface area (Å²) in [5.74, 6) is 3.63. The lowest BCUT2D eigenvalue weighted by Gasteiger charge is -2.27. The number of hydrogen-bond donors (Lipinski definition) is 1. The van der Waals surface area contributed by atoms with Crippen LogP contribution in [-0.4, -0.2) is 17.1 Å². The number of aromatic nitrogens is 2. The Morgan fingerprint density at radius 1 is 1.24 bits per heavy atom. The SMILES string of the molecule is CCCCC1CCC(c2nc3ccc(OC)cc3[nH]2)CC1. The van der Waals surface area contributed by atoms with Gasteiger partial charge in [-0.05, 0) is 43.7 Å². The van der Waals surface area contributed by atoms with E-state index in [0.717, 1.165) is 22.7 Å². The van der Waals surface area contributed by atoms with Crippen molar-refractivity contribution >= 4 is 11.0 Å². The van der Waals surface area contributed by atoms with Gasteiger partial charge in [0.2, 0.25) is 0 Å². The summed E-state index contributed by atoms with van der Waals surface area (Å²) in [5, 5.41) is 0. The number of H-pyrrole nitrogens is 1. The maximum atomic E-state index is 5.28. The van der Waals surface area contributed by atoms with Gasteiger partial charge in [0.15, 0.2) is 0 Å². The number of benzene rings is 1. The largest absolute Gasteiger partial charge is 0.497 e. The highest BCUT2D eigenvalue weighted by Gasteiger charge is 2.24. The molecule has 3 heteroatoms. The Labute approximate surface area is 127 Å². The normalized spacial score (nSPS) is 22.6. The maximum Gasteiger partial charge on any atom is 0.121 e. The van der Waals surface area contributed by atoms with Crippen molar-refractivity contribution in [2.45, 2.75) is 57.8 Å². The highest BCUT2D eigenvalue weighted by molar-refractivity contribution is 5.76. The van der Waals surface area contributed by atoms with Gasteiger partial charge in [-0.2, -0.15) is 0 Å². The molecule has 1 aromatic carbocycles. The highest BCUT2D eigenvalue weighted by atomic mass is 16.5. The van der Waals surface area contributed by atoms with Crippen LogP contribution in [0.25, 0.3) is 11.0 Å². The van der Waals surface area contributed by atoms with Crippen molar-refractivity contribution in [1.82, 2.24) is 9.97 Å². The highest BCUT2D eigenvalue weighted by Crippen LogP contribution is 2.37. The molecule has 0 amide bonds. The van der Waals surface area contributed by atoms with Gasteiger partial charge in [0.1, 0.15) is 11.6 Å². The smallest absolute Gasteiger partial charge is 0.121 e. The molecule has 21 heavy (non-hydrogen) atoms. The average Bonchev–Trinajstić information content (AvgIpc) is 2.96. The molecule has 0 atom stereocenters. The Morgan fingerprint density at radius 3 is 2.76 bits per heavy atom. The topological polar surface area (TPSA) is 37.9 Å². The van der Waals surface area contributed by atoms with Gasteiger partial charge >= 0.3 is 0 Å². The third kappa shape index (κ3) is 3.22. The van der Waals surface area contributed by atoms with Crippen molar-refractivity contribution in [3.8, 4) is 5.75 Å². The molecule has 1 N–H and O–H groups in total. The van der Waals surface area contributed by atoms with Crippen LogP contribution in [0.3, 0.4) is 0 Å². The molecule has 2 aromatic rings. The molecule has 1 saturated carbocycles. The third-order valence-corrected chi connectivity index (χ3v) is 4.91. The van der Waals surface area contributed by atoms with Crippen molar-refractivity contribution in [3.63, 3.8) is 0 Å². The molecule has 114 valence electrons. The second-order valence-electron chi connectivity index (χ2n) is 6.37. The standard InChI is InChI=1S/C18H26N2O/c1-3-4-5-13-6-8-14(9-7-13)18-19-16-11-10-15(21-2)12-17(16)20-18/h10-14H,3-9H2,1-2H3,(H,19,20). The van der Waals surface area contributed by atoms with Gasteiger partial charge in [0, 0.05) is 12.0 Å². The van der Waals surface area contributed by atoms with Crippen LogP contribution < -0.4 is 4.74 Å². The number of unbranched alkanes of at least 4 members (excludes halogenated alkanes) is 1. The van der Waals surface area contributed by atoms with Gasteiger partial charge in [-0.15, -0.1) is 0 Å². The van der Waals surface area contributed by atoms with Crippen LogP contribution in [0, 0.1) is 5.92 Å². The fourth-order valence-electron chi connectivity index (χ4n) is 3.55. The first-order chi connectivity index (χ1) is 10.3. The fraction of sp³-hybridized carbons (Fsp3) is 0.611. The summed E-state index contributed by atoms with van der Waals surface area (Å²) in [6.45, 7) is 2.29. The second kappa shape index (κ2) is 6.50. The van der Waals surface area contributed by atoms with Crippen molar-refractivity contribution in [2.75, 3.05) is 7.11 Å². The van der Waals surface area contributed by atoms with Gasteiger partial charge in [-0.25, -0.2) is 4.98 Å². The van der Waals surface area contributed by atoms with Crippen LogP contribution in [-0.2, 0) is 0 Å². The number of nitrogens with zero attached hydrogens (tertiary/aromatic N) is 1. The van der Waals surface area contributed by atoms with Crippen LogP contribution in [0.2, 0.25) is 0 Å². The van der Waals surface area contributed by atoms with E-state index in [1.54, 1.807) is 7.11 Å². The summed E-state index contributed by atoms with van der Waals surface area (Å²) in [4.78, 5) is 8.29. The molecule has 3 rings (SSSR count). The Balaban J connectivity index is 1.67. The van der Waals surface area contributed by atoms with Crippen LogP contribution >= 0.6 is 0 Å². The molecular weight excluding hydrogens is 260 g/mol. The third-order valence-electron chi connectivity index (χ3n) is 4.91. The predicted octanol–water partition coefficient (Wildman–Crippen LogP) is 5.04. The molecule has 0 unspecified atom stereocenters. The molecular formula is C18H26N2O. The molecule has 0 saturated heterocycles. The minimum Gasteiger partial charge on any atom is -0.497 e. The van der Waals surface area contributed by atoms with Gasteiger partial charge < -0.3 is 9.72 Å². The zero-order chi connectivity index (χ0) is 14.7.